The molecule has 0 saturated heterocycles. The van der Waals surface area contributed by atoms with E-state index in [1.165, 1.54) is 0 Å². The molecule has 0 fully saturated rings. The van der Waals surface area contributed by atoms with Gasteiger partial charge in [0.25, 0.3) is 0 Å². The molecule has 0 rings (SSSR count). The van der Waals surface area contributed by atoms with Crippen LogP contribution in [0.25, 0.3) is 0 Å². The first-order valence-corrected chi connectivity index (χ1v) is 0.655. The first-order chi connectivity index (χ1) is 1.00. The second-order valence-corrected chi connectivity index (χ2v) is 0. The summed E-state index contributed by atoms with van der Waals surface area (Å²) in [7, 11) is 0.917. The van der Waals surface area contributed by atoms with Crippen molar-refractivity contribution in [2.24, 2.45) is 0 Å². The van der Waals surface area contributed by atoms with Crippen LogP contribution in [0.15, 0.2) is 0 Å². The standard InChI is InChI=1S/Al.FH2P.Li.4H/c;1-2;;;;;/h;2H2;;;;;. The van der Waals surface area contributed by atoms with Gasteiger partial charge in [-0.3, -0.25) is 0 Å². The average molecular weight is 89.9 g/mol. The quantitative estimate of drug-likeness (QED) is 0.262. The van der Waals surface area contributed by atoms with Crippen LogP contribution in [0.5, 0.6) is 0 Å². The molecule has 0 nitrogen and oxygen atoms in total. The minimum absolute atomic E-state index is 0. The molecule has 4 heteroatoms. The second-order valence-electron chi connectivity index (χ2n) is 0. The Balaban J connectivity index is -0.00000000500. The van der Waals surface area contributed by atoms with Gasteiger partial charge in [0.15, 0.2) is 17.4 Å². The van der Waals surface area contributed by atoms with E-state index in [9.17, 15) is 4.20 Å². The van der Waals surface area contributed by atoms with Gasteiger partial charge in [-0.05, 0) is 0 Å². The Morgan fingerprint density at radius 2 is 1.25 bits per heavy atom. The van der Waals surface area contributed by atoms with Gasteiger partial charge in [-0.2, -0.15) is 0 Å². The van der Waals surface area contributed by atoms with Crippen molar-refractivity contribution in [3.05, 3.63) is 0 Å². The Labute approximate surface area is 50.2 Å². The zero-order valence-corrected chi connectivity index (χ0v) is 2.11. The SMILES string of the molecule is FP.[AlH3].[LiH]. The molecule has 22 valence electrons. The molecule has 0 N–H and O–H groups in total. The molecular weight excluding hydrogens is 83.9 g/mol. The zero-order chi connectivity index (χ0) is 2.00. The molecule has 0 spiro atoms. The summed E-state index contributed by atoms with van der Waals surface area (Å²) in [6.45, 7) is 0. The molecule has 0 aliphatic carbocycles. The van der Waals surface area contributed by atoms with E-state index in [-0.39, 0.29) is 36.2 Å². The van der Waals surface area contributed by atoms with Crippen molar-refractivity contribution in [1.29, 1.82) is 0 Å². The monoisotopic (exact) mass is 90.0 g/mol. The zero-order valence-electron chi connectivity index (χ0n) is 0.955. The first-order valence-electron chi connectivity index (χ1n) is 0.218. The number of hydrogen-bond acceptors (Lipinski definition) is 0. The Kier molecular flexibility index (Phi) is 110. The minimum atomic E-state index is 0. The van der Waals surface area contributed by atoms with Crippen LogP contribution in [0.1, 0.15) is 0 Å². The van der Waals surface area contributed by atoms with Crippen LogP contribution >= 0.6 is 9.55 Å². The van der Waals surface area contributed by atoms with Crippen molar-refractivity contribution in [3.63, 3.8) is 0 Å². The van der Waals surface area contributed by atoms with Gasteiger partial charge < -0.3 is 0 Å². The maximum absolute atomic E-state index is 9.42. The topological polar surface area (TPSA) is 0 Å². The van der Waals surface area contributed by atoms with Crippen molar-refractivity contribution in [2.75, 3.05) is 0 Å². The summed E-state index contributed by atoms with van der Waals surface area (Å²) in [5.41, 5.74) is 0. The van der Waals surface area contributed by atoms with E-state index in [1.54, 1.807) is 0 Å². The number of hydrogen-bond donors (Lipinski definition) is 0. The summed E-state index contributed by atoms with van der Waals surface area (Å²) >= 11 is 0. The van der Waals surface area contributed by atoms with Crippen LogP contribution in [0.4, 0.5) is 4.20 Å². The summed E-state index contributed by atoms with van der Waals surface area (Å²) in [4.78, 5) is 0. The van der Waals surface area contributed by atoms with Crippen molar-refractivity contribution in [2.45, 2.75) is 0 Å². The maximum atomic E-state index is 9.42. The van der Waals surface area contributed by atoms with E-state index >= 15 is 0 Å². The molecule has 0 aromatic heterocycles. The predicted molar refractivity (Wildman–Crippen MR) is 27.9 cm³/mol. The van der Waals surface area contributed by atoms with Crippen LogP contribution in [0.2, 0.25) is 0 Å². The average Bonchev–Trinajstić information content (AvgIpc) is 1.00. The third-order valence-corrected chi connectivity index (χ3v) is 0. The molecule has 0 aliphatic rings. The Morgan fingerprint density at radius 1 is 1.25 bits per heavy atom. The predicted octanol–water partition coefficient (Wildman–Crippen LogP) is -1.09. The van der Waals surface area contributed by atoms with Gasteiger partial charge in [-0.15, -0.1) is 0 Å². The Hall–Kier alpha value is 1.49. The van der Waals surface area contributed by atoms with E-state index in [4.69, 9.17) is 0 Å². The summed E-state index contributed by atoms with van der Waals surface area (Å²) in [5, 5.41) is 0. The molecule has 0 aliphatic heterocycles. The second kappa shape index (κ2) is 24.6. The number of rotatable bonds is 0. The van der Waals surface area contributed by atoms with Crippen LogP contribution < -0.4 is 0 Å². The third kappa shape index (κ3) is 9.75. The first kappa shape index (κ1) is 17.9. The normalized spacial score (nSPS) is 1.50. The molecule has 0 saturated carbocycles. The fraction of sp³-hybridized carbons (Fsp3) is 0. The van der Waals surface area contributed by atoms with Crippen molar-refractivity contribution in [1.82, 2.24) is 0 Å². The van der Waals surface area contributed by atoms with E-state index < -0.39 is 0 Å². The fourth-order valence-corrected chi connectivity index (χ4v) is 0. The van der Waals surface area contributed by atoms with Gasteiger partial charge in [0.05, 0.1) is 9.55 Å². The molecule has 0 bridgehead atoms. The van der Waals surface area contributed by atoms with Gasteiger partial charge in [0.2, 0.25) is 0 Å². The summed E-state index contributed by atoms with van der Waals surface area (Å²) in [6, 6.07) is 0. The van der Waals surface area contributed by atoms with E-state index in [2.05, 4.69) is 0 Å². The van der Waals surface area contributed by atoms with E-state index in [0.29, 0.717) is 0 Å². The molecule has 1 unspecified atom stereocenters. The van der Waals surface area contributed by atoms with Crippen molar-refractivity contribution in [3.8, 4) is 0 Å². The number of halogens is 1. The summed E-state index contributed by atoms with van der Waals surface area (Å²) in [6.07, 6.45) is 0. The molecule has 4 heavy (non-hydrogen) atoms. The van der Waals surface area contributed by atoms with Crippen molar-refractivity contribution < 1.29 is 4.20 Å². The summed E-state index contributed by atoms with van der Waals surface area (Å²) in [5.74, 6) is 0. The van der Waals surface area contributed by atoms with Gasteiger partial charge in [-0.25, -0.2) is 4.20 Å². The van der Waals surface area contributed by atoms with Crippen molar-refractivity contribution >= 4 is 45.8 Å². The molecule has 0 amide bonds. The van der Waals surface area contributed by atoms with Gasteiger partial charge in [-0.1, -0.05) is 0 Å². The fourth-order valence-electron chi connectivity index (χ4n) is 0. The summed E-state index contributed by atoms with van der Waals surface area (Å²) < 4.78 is 9.42. The molecule has 0 radical (unpaired) electrons. The third-order valence-electron chi connectivity index (χ3n) is 0. The van der Waals surface area contributed by atoms with Crippen LogP contribution in [0, 0.1) is 0 Å². The van der Waals surface area contributed by atoms with Crippen LogP contribution in [-0.2, 0) is 0 Å². The van der Waals surface area contributed by atoms with E-state index in [0.717, 1.165) is 9.55 Å². The van der Waals surface area contributed by atoms with Gasteiger partial charge in [0, 0.05) is 0 Å². The molecule has 0 aromatic rings. The molecule has 0 aromatic carbocycles. The van der Waals surface area contributed by atoms with E-state index in [1.807, 2.05) is 0 Å². The molecule has 0 heterocycles. The van der Waals surface area contributed by atoms with Crippen LogP contribution in [0.3, 0.4) is 0 Å². The molecule has 1 atom stereocenters. The Morgan fingerprint density at radius 3 is 1.25 bits per heavy atom. The Bertz CT molecular complexity index is 8.00. The van der Waals surface area contributed by atoms with Gasteiger partial charge in [0.1, 0.15) is 0 Å². The van der Waals surface area contributed by atoms with Crippen LogP contribution in [-0.4, -0.2) is 36.2 Å². The van der Waals surface area contributed by atoms with Gasteiger partial charge >= 0.3 is 18.9 Å². The molecular formula is H6AlFLiP.